The Morgan fingerprint density at radius 2 is 1.64 bits per heavy atom. The monoisotopic (exact) mass is 321 g/mol. The summed E-state index contributed by atoms with van der Waals surface area (Å²) in [6.07, 6.45) is 0. The molecule has 0 aliphatic heterocycles. The SMILES string of the molecule is CC(C)(CO)[C@@H](N)c1ccc(OCc2ccccc2)cc1.Cl. The van der Waals surface area contributed by atoms with Gasteiger partial charge in [-0.05, 0) is 23.3 Å². The quantitative estimate of drug-likeness (QED) is 0.853. The summed E-state index contributed by atoms with van der Waals surface area (Å²) in [5, 5.41) is 9.39. The van der Waals surface area contributed by atoms with Gasteiger partial charge in [-0.3, -0.25) is 0 Å². The standard InChI is InChI=1S/C18H23NO2.ClH/c1-18(2,13-20)17(19)15-8-10-16(11-9-15)21-12-14-6-4-3-5-7-14;/h3-11,17,20H,12-13,19H2,1-2H3;1H/t17-;/m0./s1. The van der Waals surface area contributed by atoms with Crippen LogP contribution in [0.5, 0.6) is 5.75 Å². The molecule has 0 saturated heterocycles. The minimum atomic E-state index is -0.341. The third kappa shape index (κ3) is 4.73. The van der Waals surface area contributed by atoms with Crippen molar-refractivity contribution in [3.8, 4) is 5.75 Å². The average molecular weight is 322 g/mol. The zero-order valence-electron chi connectivity index (χ0n) is 13.0. The Bertz CT molecular complexity index is 555. The lowest BCUT2D eigenvalue weighted by Gasteiger charge is -2.29. The lowest BCUT2D eigenvalue weighted by molar-refractivity contribution is 0.132. The van der Waals surface area contributed by atoms with E-state index in [9.17, 15) is 5.11 Å². The second kappa shape index (κ2) is 8.18. The number of benzene rings is 2. The van der Waals surface area contributed by atoms with Crippen molar-refractivity contribution in [1.29, 1.82) is 0 Å². The maximum absolute atomic E-state index is 9.39. The van der Waals surface area contributed by atoms with Crippen LogP contribution < -0.4 is 10.5 Å². The molecule has 0 unspecified atom stereocenters. The maximum Gasteiger partial charge on any atom is 0.119 e. The first-order chi connectivity index (χ1) is 10.0. The van der Waals surface area contributed by atoms with Gasteiger partial charge in [-0.1, -0.05) is 56.3 Å². The highest BCUT2D eigenvalue weighted by molar-refractivity contribution is 5.85. The molecule has 0 bridgehead atoms. The molecule has 0 fully saturated rings. The van der Waals surface area contributed by atoms with E-state index in [0.29, 0.717) is 6.61 Å². The molecule has 2 rings (SSSR count). The molecule has 120 valence electrons. The van der Waals surface area contributed by atoms with Gasteiger partial charge in [0.1, 0.15) is 12.4 Å². The summed E-state index contributed by atoms with van der Waals surface area (Å²) in [7, 11) is 0. The summed E-state index contributed by atoms with van der Waals surface area (Å²) in [5.74, 6) is 0.816. The van der Waals surface area contributed by atoms with Crippen molar-refractivity contribution in [3.63, 3.8) is 0 Å². The first-order valence-electron chi connectivity index (χ1n) is 7.16. The van der Waals surface area contributed by atoms with Gasteiger partial charge in [0, 0.05) is 18.1 Å². The summed E-state index contributed by atoms with van der Waals surface area (Å²) >= 11 is 0. The van der Waals surface area contributed by atoms with Crippen molar-refractivity contribution in [3.05, 3.63) is 65.7 Å². The smallest absolute Gasteiger partial charge is 0.119 e. The molecule has 0 heterocycles. The van der Waals surface area contributed by atoms with Gasteiger partial charge in [-0.25, -0.2) is 0 Å². The van der Waals surface area contributed by atoms with Crippen LogP contribution in [-0.4, -0.2) is 11.7 Å². The molecule has 0 aliphatic rings. The van der Waals surface area contributed by atoms with Crippen LogP contribution in [0.15, 0.2) is 54.6 Å². The molecule has 0 radical (unpaired) electrons. The second-order valence-corrected chi connectivity index (χ2v) is 5.97. The predicted octanol–water partition coefficient (Wildman–Crippen LogP) is 3.71. The van der Waals surface area contributed by atoms with Crippen molar-refractivity contribution in [2.24, 2.45) is 11.1 Å². The second-order valence-electron chi connectivity index (χ2n) is 5.97. The molecule has 2 aromatic carbocycles. The summed E-state index contributed by atoms with van der Waals surface area (Å²) in [6.45, 7) is 4.52. The third-order valence-electron chi connectivity index (χ3n) is 3.74. The van der Waals surface area contributed by atoms with Crippen LogP contribution in [0.25, 0.3) is 0 Å². The van der Waals surface area contributed by atoms with E-state index in [4.69, 9.17) is 10.5 Å². The van der Waals surface area contributed by atoms with E-state index in [-0.39, 0.29) is 30.5 Å². The van der Waals surface area contributed by atoms with Crippen LogP contribution in [0.2, 0.25) is 0 Å². The Labute approximate surface area is 138 Å². The zero-order valence-corrected chi connectivity index (χ0v) is 13.8. The lowest BCUT2D eigenvalue weighted by atomic mass is 9.82. The Balaban J connectivity index is 0.00000242. The number of aliphatic hydroxyl groups excluding tert-OH is 1. The van der Waals surface area contributed by atoms with Gasteiger partial charge >= 0.3 is 0 Å². The Morgan fingerprint density at radius 1 is 1.05 bits per heavy atom. The van der Waals surface area contributed by atoms with Crippen LogP contribution >= 0.6 is 12.4 Å². The molecule has 3 nitrogen and oxygen atoms in total. The number of hydrogen-bond donors (Lipinski definition) is 2. The molecule has 0 aromatic heterocycles. The molecular weight excluding hydrogens is 298 g/mol. The van der Waals surface area contributed by atoms with Crippen molar-refractivity contribution in [1.82, 2.24) is 0 Å². The fraction of sp³-hybridized carbons (Fsp3) is 0.333. The highest BCUT2D eigenvalue weighted by atomic mass is 35.5. The number of rotatable bonds is 6. The van der Waals surface area contributed by atoms with Crippen LogP contribution in [-0.2, 0) is 6.61 Å². The summed E-state index contributed by atoms with van der Waals surface area (Å²) in [6, 6.07) is 17.6. The molecule has 0 aliphatic carbocycles. The molecule has 0 amide bonds. The van der Waals surface area contributed by atoms with E-state index >= 15 is 0 Å². The summed E-state index contributed by atoms with van der Waals surface area (Å²) in [5.41, 5.74) is 8.00. The molecule has 0 saturated carbocycles. The van der Waals surface area contributed by atoms with Gasteiger partial charge in [-0.2, -0.15) is 0 Å². The predicted molar refractivity (Wildman–Crippen MR) is 92.3 cm³/mol. The summed E-state index contributed by atoms with van der Waals surface area (Å²) < 4.78 is 5.75. The number of aliphatic hydroxyl groups is 1. The lowest BCUT2D eigenvalue weighted by Crippen LogP contribution is -2.32. The molecule has 22 heavy (non-hydrogen) atoms. The average Bonchev–Trinajstić information content (AvgIpc) is 2.53. The Morgan fingerprint density at radius 3 is 2.18 bits per heavy atom. The minimum Gasteiger partial charge on any atom is -0.489 e. The Kier molecular flexibility index (Phi) is 6.88. The number of hydrogen-bond acceptors (Lipinski definition) is 3. The van der Waals surface area contributed by atoms with Crippen molar-refractivity contribution >= 4 is 12.4 Å². The molecule has 3 N–H and O–H groups in total. The minimum absolute atomic E-state index is 0. The Hall–Kier alpha value is -1.55. The number of nitrogens with two attached hydrogens (primary N) is 1. The van der Waals surface area contributed by atoms with E-state index in [2.05, 4.69) is 0 Å². The van der Waals surface area contributed by atoms with Crippen LogP contribution in [0.4, 0.5) is 0 Å². The highest BCUT2D eigenvalue weighted by Crippen LogP contribution is 2.31. The van der Waals surface area contributed by atoms with Gasteiger partial charge in [-0.15, -0.1) is 12.4 Å². The normalized spacial score (nSPS) is 12.4. The maximum atomic E-state index is 9.39. The van der Waals surface area contributed by atoms with Crippen LogP contribution in [0.1, 0.15) is 31.0 Å². The molecule has 0 spiro atoms. The first-order valence-corrected chi connectivity index (χ1v) is 7.16. The van der Waals surface area contributed by atoms with Gasteiger partial charge in [0.2, 0.25) is 0 Å². The fourth-order valence-electron chi connectivity index (χ4n) is 2.06. The largest absolute Gasteiger partial charge is 0.489 e. The molecular formula is C18H24ClNO2. The van der Waals surface area contributed by atoms with E-state index in [0.717, 1.165) is 16.9 Å². The zero-order chi connectivity index (χ0) is 15.3. The van der Waals surface area contributed by atoms with E-state index in [1.54, 1.807) is 0 Å². The number of ether oxygens (including phenoxy) is 1. The third-order valence-corrected chi connectivity index (χ3v) is 3.74. The molecule has 4 heteroatoms. The van der Waals surface area contributed by atoms with E-state index < -0.39 is 0 Å². The first kappa shape index (κ1) is 18.5. The van der Waals surface area contributed by atoms with Crippen LogP contribution in [0.3, 0.4) is 0 Å². The topological polar surface area (TPSA) is 55.5 Å². The fourth-order valence-corrected chi connectivity index (χ4v) is 2.06. The molecule has 1 atom stereocenters. The van der Waals surface area contributed by atoms with Crippen molar-refractivity contribution in [2.45, 2.75) is 26.5 Å². The molecule has 2 aromatic rings. The van der Waals surface area contributed by atoms with Crippen LogP contribution in [0, 0.1) is 5.41 Å². The highest BCUT2D eigenvalue weighted by Gasteiger charge is 2.26. The van der Waals surface area contributed by atoms with Crippen molar-refractivity contribution in [2.75, 3.05) is 6.61 Å². The summed E-state index contributed by atoms with van der Waals surface area (Å²) in [4.78, 5) is 0. The van der Waals surface area contributed by atoms with Gasteiger partial charge in [0.05, 0.1) is 0 Å². The van der Waals surface area contributed by atoms with E-state index in [1.807, 2.05) is 68.4 Å². The van der Waals surface area contributed by atoms with Crippen molar-refractivity contribution < 1.29 is 9.84 Å². The van der Waals surface area contributed by atoms with Gasteiger partial charge < -0.3 is 15.6 Å². The van der Waals surface area contributed by atoms with Gasteiger partial charge in [0.25, 0.3) is 0 Å². The number of halogens is 1. The van der Waals surface area contributed by atoms with E-state index in [1.165, 1.54) is 0 Å². The van der Waals surface area contributed by atoms with Gasteiger partial charge in [0.15, 0.2) is 0 Å².